The minimum absolute atomic E-state index is 0.493. The van der Waals surface area contributed by atoms with Crippen LogP contribution in [0.5, 0.6) is 0 Å². The summed E-state index contributed by atoms with van der Waals surface area (Å²) in [6.45, 7) is 8.69. The van der Waals surface area contributed by atoms with Gasteiger partial charge in [0.25, 0.3) is 0 Å². The van der Waals surface area contributed by atoms with Crippen LogP contribution < -0.4 is 10.2 Å². The maximum atomic E-state index is 4.58. The third-order valence-electron chi connectivity index (χ3n) is 3.13. The van der Waals surface area contributed by atoms with E-state index in [1.165, 1.54) is 24.8 Å². The summed E-state index contributed by atoms with van der Waals surface area (Å²) in [5, 5.41) is 3.22. The van der Waals surface area contributed by atoms with E-state index in [-0.39, 0.29) is 0 Å². The van der Waals surface area contributed by atoms with E-state index in [4.69, 9.17) is 0 Å². The second-order valence-electron chi connectivity index (χ2n) is 5.01. The zero-order chi connectivity index (χ0) is 13.4. The van der Waals surface area contributed by atoms with Gasteiger partial charge in [-0.2, -0.15) is 0 Å². The van der Waals surface area contributed by atoms with Gasteiger partial charge in [0.15, 0.2) is 0 Å². The van der Waals surface area contributed by atoms with Gasteiger partial charge >= 0.3 is 0 Å². The van der Waals surface area contributed by atoms with Crippen molar-refractivity contribution >= 4 is 5.82 Å². The van der Waals surface area contributed by atoms with Crippen molar-refractivity contribution in [2.24, 2.45) is 0 Å². The molecule has 1 aromatic heterocycles. The summed E-state index contributed by atoms with van der Waals surface area (Å²) >= 11 is 0. The fourth-order valence-corrected chi connectivity index (χ4v) is 2.16. The van der Waals surface area contributed by atoms with E-state index in [0.717, 1.165) is 18.9 Å². The molecule has 3 heteroatoms. The number of aromatic nitrogens is 1. The van der Waals surface area contributed by atoms with Crippen LogP contribution in [0.1, 0.15) is 45.6 Å². The molecule has 0 saturated heterocycles. The van der Waals surface area contributed by atoms with Gasteiger partial charge in [-0.05, 0) is 33.4 Å². The second-order valence-corrected chi connectivity index (χ2v) is 5.01. The standard InChI is InChI=1S/C15H27N3/c1-5-6-7-11-18(13(2)3)15-14(12-16-4)9-8-10-17-15/h8-10,13,16H,5-7,11-12H2,1-4H3. The predicted octanol–water partition coefficient (Wildman–Crippen LogP) is 3.21. The largest absolute Gasteiger partial charge is 0.354 e. The van der Waals surface area contributed by atoms with E-state index < -0.39 is 0 Å². The number of unbranched alkanes of at least 4 members (excludes halogenated alkanes) is 2. The summed E-state index contributed by atoms with van der Waals surface area (Å²) in [4.78, 5) is 7.00. The van der Waals surface area contributed by atoms with Gasteiger partial charge in [0, 0.05) is 30.9 Å². The number of nitrogens with one attached hydrogen (secondary N) is 1. The lowest BCUT2D eigenvalue weighted by atomic mass is 10.1. The van der Waals surface area contributed by atoms with Gasteiger partial charge in [0.05, 0.1) is 0 Å². The molecule has 0 amide bonds. The molecule has 0 bridgehead atoms. The number of hydrogen-bond donors (Lipinski definition) is 1. The first-order valence-corrected chi connectivity index (χ1v) is 7.05. The third kappa shape index (κ3) is 4.30. The normalized spacial score (nSPS) is 10.9. The molecule has 0 radical (unpaired) electrons. The lowest BCUT2D eigenvalue weighted by Gasteiger charge is -2.29. The van der Waals surface area contributed by atoms with Gasteiger partial charge < -0.3 is 10.2 Å². The SMILES string of the molecule is CCCCCN(c1ncccc1CNC)C(C)C. The summed E-state index contributed by atoms with van der Waals surface area (Å²) in [5.74, 6) is 1.14. The molecule has 18 heavy (non-hydrogen) atoms. The first-order chi connectivity index (χ1) is 8.70. The smallest absolute Gasteiger partial charge is 0.133 e. The Labute approximate surface area is 112 Å². The van der Waals surface area contributed by atoms with Gasteiger partial charge in [0.1, 0.15) is 5.82 Å². The highest BCUT2D eigenvalue weighted by Crippen LogP contribution is 2.20. The molecule has 0 atom stereocenters. The molecule has 1 N–H and O–H groups in total. The molecule has 0 unspecified atom stereocenters. The molecule has 0 aliphatic carbocycles. The van der Waals surface area contributed by atoms with Crippen LogP contribution in [-0.2, 0) is 6.54 Å². The Balaban J connectivity index is 2.83. The maximum absolute atomic E-state index is 4.58. The Hall–Kier alpha value is -1.09. The van der Waals surface area contributed by atoms with E-state index in [9.17, 15) is 0 Å². The number of nitrogens with zero attached hydrogens (tertiary/aromatic N) is 2. The topological polar surface area (TPSA) is 28.2 Å². The van der Waals surface area contributed by atoms with Gasteiger partial charge in [-0.25, -0.2) is 4.98 Å². The zero-order valence-electron chi connectivity index (χ0n) is 12.2. The minimum Gasteiger partial charge on any atom is -0.354 e. The van der Waals surface area contributed by atoms with Crippen LogP contribution in [0.3, 0.4) is 0 Å². The quantitative estimate of drug-likeness (QED) is 0.717. The number of pyridine rings is 1. The van der Waals surface area contributed by atoms with Crippen LogP contribution in [0.2, 0.25) is 0 Å². The average molecular weight is 249 g/mol. The summed E-state index contributed by atoms with van der Waals surface area (Å²) in [6, 6.07) is 4.67. The molecular formula is C15H27N3. The molecule has 0 saturated carbocycles. The van der Waals surface area contributed by atoms with E-state index in [2.05, 4.69) is 42.0 Å². The number of rotatable bonds is 8. The molecule has 0 spiro atoms. The Morgan fingerprint density at radius 1 is 1.33 bits per heavy atom. The molecular weight excluding hydrogens is 222 g/mol. The zero-order valence-corrected chi connectivity index (χ0v) is 12.2. The Kier molecular flexibility index (Phi) is 6.73. The lowest BCUT2D eigenvalue weighted by Crippen LogP contribution is -2.33. The molecule has 0 aromatic carbocycles. The Morgan fingerprint density at radius 3 is 2.72 bits per heavy atom. The van der Waals surface area contributed by atoms with E-state index in [0.29, 0.717) is 6.04 Å². The van der Waals surface area contributed by atoms with E-state index >= 15 is 0 Å². The van der Waals surface area contributed by atoms with Crippen LogP contribution in [0, 0.1) is 0 Å². The highest BCUT2D eigenvalue weighted by Gasteiger charge is 2.14. The Bertz CT molecular complexity index is 336. The molecule has 1 aromatic rings. The molecule has 0 aliphatic heterocycles. The van der Waals surface area contributed by atoms with Crippen LogP contribution in [0.15, 0.2) is 18.3 Å². The van der Waals surface area contributed by atoms with Gasteiger partial charge in [0.2, 0.25) is 0 Å². The van der Waals surface area contributed by atoms with Crippen molar-refractivity contribution in [3.05, 3.63) is 23.9 Å². The van der Waals surface area contributed by atoms with Crippen molar-refractivity contribution in [3.8, 4) is 0 Å². The van der Waals surface area contributed by atoms with Crippen molar-refractivity contribution in [1.82, 2.24) is 10.3 Å². The highest BCUT2D eigenvalue weighted by atomic mass is 15.2. The molecule has 1 rings (SSSR count). The van der Waals surface area contributed by atoms with E-state index in [1.807, 2.05) is 19.3 Å². The predicted molar refractivity (Wildman–Crippen MR) is 79.0 cm³/mol. The fourth-order valence-electron chi connectivity index (χ4n) is 2.16. The van der Waals surface area contributed by atoms with Crippen molar-refractivity contribution < 1.29 is 0 Å². The van der Waals surface area contributed by atoms with Crippen molar-refractivity contribution in [2.75, 3.05) is 18.5 Å². The lowest BCUT2D eigenvalue weighted by molar-refractivity contribution is 0.615. The first-order valence-electron chi connectivity index (χ1n) is 7.05. The average Bonchev–Trinajstić information content (AvgIpc) is 2.36. The molecule has 0 fully saturated rings. The van der Waals surface area contributed by atoms with Crippen molar-refractivity contribution in [3.63, 3.8) is 0 Å². The summed E-state index contributed by atoms with van der Waals surface area (Å²) < 4.78 is 0. The van der Waals surface area contributed by atoms with Gasteiger partial charge in [-0.3, -0.25) is 0 Å². The second kappa shape index (κ2) is 8.09. The number of hydrogen-bond acceptors (Lipinski definition) is 3. The third-order valence-corrected chi connectivity index (χ3v) is 3.13. The maximum Gasteiger partial charge on any atom is 0.133 e. The van der Waals surface area contributed by atoms with Gasteiger partial charge in [-0.15, -0.1) is 0 Å². The summed E-state index contributed by atoms with van der Waals surface area (Å²) in [6.07, 6.45) is 5.68. The Morgan fingerprint density at radius 2 is 2.11 bits per heavy atom. The molecule has 102 valence electrons. The highest BCUT2D eigenvalue weighted by molar-refractivity contribution is 5.47. The van der Waals surface area contributed by atoms with Crippen molar-refractivity contribution in [1.29, 1.82) is 0 Å². The van der Waals surface area contributed by atoms with E-state index in [1.54, 1.807) is 0 Å². The molecule has 0 aliphatic rings. The first kappa shape index (κ1) is 15.0. The summed E-state index contributed by atoms with van der Waals surface area (Å²) in [7, 11) is 1.98. The van der Waals surface area contributed by atoms with Crippen LogP contribution in [-0.4, -0.2) is 24.6 Å². The van der Waals surface area contributed by atoms with Crippen LogP contribution in [0.25, 0.3) is 0 Å². The fraction of sp³-hybridized carbons (Fsp3) is 0.667. The molecule has 3 nitrogen and oxygen atoms in total. The minimum atomic E-state index is 0.493. The summed E-state index contributed by atoms with van der Waals surface area (Å²) in [5.41, 5.74) is 1.28. The van der Waals surface area contributed by atoms with Gasteiger partial charge in [-0.1, -0.05) is 25.8 Å². The number of anilines is 1. The van der Waals surface area contributed by atoms with Crippen molar-refractivity contribution in [2.45, 2.75) is 52.6 Å². The monoisotopic (exact) mass is 249 g/mol. The van der Waals surface area contributed by atoms with Crippen LogP contribution >= 0.6 is 0 Å². The molecule has 1 heterocycles. The van der Waals surface area contributed by atoms with Crippen LogP contribution in [0.4, 0.5) is 5.82 Å².